The van der Waals surface area contributed by atoms with Gasteiger partial charge in [-0.2, -0.15) is 9.36 Å². The zero-order chi connectivity index (χ0) is 22.8. The van der Waals surface area contributed by atoms with Gasteiger partial charge in [-0.05, 0) is 53.6 Å². The molecule has 7 nitrogen and oxygen atoms in total. The third-order valence-electron chi connectivity index (χ3n) is 5.37. The Kier molecular flexibility index (Phi) is 5.77. The highest BCUT2D eigenvalue weighted by atomic mass is 19.1. The molecule has 0 aliphatic rings. The molecule has 32 heavy (non-hydrogen) atoms. The van der Waals surface area contributed by atoms with Crippen LogP contribution in [-0.4, -0.2) is 26.9 Å². The predicted octanol–water partition coefficient (Wildman–Crippen LogP) is 3.98. The normalized spacial score (nSPS) is 10.9. The van der Waals surface area contributed by atoms with Crippen LogP contribution in [0.25, 0.3) is 16.8 Å². The molecule has 0 spiro atoms. The summed E-state index contributed by atoms with van der Waals surface area (Å²) in [6, 6.07) is 15.9. The molecular weight excluding hydrogens is 411 g/mol. The Morgan fingerprint density at radius 3 is 2.44 bits per heavy atom. The van der Waals surface area contributed by atoms with Crippen molar-refractivity contribution in [2.24, 2.45) is 7.05 Å². The molecule has 0 aliphatic carbocycles. The Bertz CT molecular complexity index is 1340. The molecule has 1 heterocycles. The van der Waals surface area contributed by atoms with E-state index in [1.165, 1.54) is 17.8 Å². The monoisotopic (exact) mass is 434 g/mol. The number of ether oxygens (including phenoxy) is 2. The molecule has 0 unspecified atom stereocenters. The SMILES string of the molecule is COc1ccccc1-c1cc(C)c(OCc2c(C)cccc2-n2nnn(C)c2=O)cc1F. The first-order valence-corrected chi connectivity index (χ1v) is 10.0. The number of para-hydroxylation sites is 1. The highest BCUT2D eigenvalue weighted by molar-refractivity contribution is 5.72. The number of hydrogen-bond donors (Lipinski definition) is 0. The topological polar surface area (TPSA) is 71.2 Å². The second-order valence-electron chi connectivity index (χ2n) is 7.46. The van der Waals surface area contributed by atoms with Gasteiger partial charge in [-0.25, -0.2) is 9.18 Å². The van der Waals surface area contributed by atoms with Crippen molar-refractivity contribution in [2.75, 3.05) is 7.11 Å². The lowest BCUT2D eigenvalue weighted by atomic mass is 10.0. The van der Waals surface area contributed by atoms with Crippen molar-refractivity contribution in [3.63, 3.8) is 0 Å². The zero-order valence-electron chi connectivity index (χ0n) is 18.3. The van der Waals surface area contributed by atoms with Crippen LogP contribution in [0.15, 0.2) is 59.4 Å². The predicted molar refractivity (Wildman–Crippen MR) is 119 cm³/mol. The largest absolute Gasteiger partial charge is 0.496 e. The van der Waals surface area contributed by atoms with E-state index in [1.807, 2.05) is 44.2 Å². The van der Waals surface area contributed by atoms with Crippen LogP contribution in [0.5, 0.6) is 11.5 Å². The van der Waals surface area contributed by atoms with Gasteiger partial charge in [-0.15, -0.1) is 0 Å². The molecule has 0 atom stereocenters. The average Bonchev–Trinajstić information content (AvgIpc) is 3.12. The first-order chi connectivity index (χ1) is 15.4. The standard InChI is InChI=1S/C24H23FN4O3/c1-15-8-7-10-21(29-24(30)28(3)26-27-29)19(15)14-32-23-13-20(25)18(12-16(23)2)17-9-5-6-11-22(17)31-4/h5-13H,14H2,1-4H3. The number of benzene rings is 3. The van der Waals surface area contributed by atoms with E-state index >= 15 is 4.39 Å². The minimum atomic E-state index is -0.412. The molecule has 164 valence electrons. The molecule has 8 heteroatoms. The zero-order valence-corrected chi connectivity index (χ0v) is 18.3. The maximum atomic E-state index is 15.0. The molecular formula is C24H23FN4O3. The minimum Gasteiger partial charge on any atom is -0.496 e. The van der Waals surface area contributed by atoms with Crippen LogP contribution in [-0.2, 0) is 13.7 Å². The molecule has 0 radical (unpaired) electrons. The van der Waals surface area contributed by atoms with E-state index in [-0.39, 0.29) is 12.3 Å². The lowest BCUT2D eigenvalue weighted by molar-refractivity contribution is 0.301. The van der Waals surface area contributed by atoms with Gasteiger partial charge in [0.25, 0.3) is 0 Å². The lowest BCUT2D eigenvalue weighted by Crippen LogP contribution is -2.23. The molecule has 0 saturated heterocycles. The number of rotatable bonds is 6. The third-order valence-corrected chi connectivity index (χ3v) is 5.37. The summed E-state index contributed by atoms with van der Waals surface area (Å²) >= 11 is 0. The molecule has 4 aromatic rings. The van der Waals surface area contributed by atoms with Crippen molar-refractivity contribution in [1.29, 1.82) is 0 Å². The summed E-state index contributed by atoms with van der Waals surface area (Å²) in [5, 5.41) is 7.70. The molecule has 4 rings (SSSR count). The van der Waals surface area contributed by atoms with Gasteiger partial charge in [0, 0.05) is 29.8 Å². The first-order valence-electron chi connectivity index (χ1n) is 10.0. The Hall–Kier alpha value is -3.94. The average molecular weight is 434 g/mol. The van der Waals surface area contributed by atoms with Crippen LogP contribution >= 0.6 is 0 Å². The van der Waals surface area contributed by atoms with Crippen molar-refractivity contribution < 1.29 is 13.9 Å². The van der Waals surface area contributed by atoms with Gasteiger partial charge >= 0.3 is 5.69 Å². The lowest BCUT2D eigenvalue weighted by Gasteiger charge is -2.16. The fourth-order valence-electron chi connectivity index (χ4n) is 3.58. The van der Waals surface area contributed by atoms with E-state index in [1.54, 1.807) is 25.3 Å². The fraction of sp³-hybridized carbons (Fsp3) is 0.208. The molecule has 0 bridgehead atoms. The van der Waals surface area contributed by atoms with E-state index in [0.29, 0.717) is 28.3 Å². The third kappa shape index (κ3) is 3.87. The van der Waals surface area contributed by atoms with Crippen molar-refractivity contribution in [3.05, 3.63) is 87.6 Å². The molecule has 0 aliphatic heterocycles. The summed E-state index contributed by atoms with van der Waals surface area (Å²) < 4.78 is 28.8. The van der Waals surface area contributed by atoms with Crippen LogP contribution in [0.2, 0.25) is 0 Å². The molecule has 0 saturated carbocycles. The summed E-state index contributed by atoms with van der Waals surface area (Å²) in [6.07, 6.45) is 0. The van der Waals surface area contributed by atoms with Crippen LogP contribution in [0.3, 0.4) is 0 Å². The minimum absolute atomic E-state index is 0.138. The number of aromatic nitrogens is 4. The summed E-state index contributed by atoms with van der Waals surface area (Å²) in [6.45, 7) is 3.92. The van der Waals surface area contributed by atoms with Crippen LogP contribution in [0.1, 0.15) is 16.7 Å². The Labute approximate surface area is 184 Å². The van der Waals surface area contributed by atoms with Crippen molar-refractivity contribution in [3.8, 4) is 28.3 Å². The smallest absolute Gasteiger partial charge is 0.368 e. The summed E-state index contributed by atoms with van der Waals surface area (Å²) in [4.78, 5) is 12.3. The van der Waals surface area contributed by atoms with Gasteiger partial charge in [0.1, 0.15) is 23.9 Å². The molecule has 0 fully saturated rings. The number of aryl methyl sites for hydroxylation is 3. The van der Waals surface area contributed by atoms with Gasteiger partial charge in [0.15, 0.2) is 0 Å². The van der Waals surface area contributed by atoms with Crippen molar-refractivity contribution in [2.45, 2.75) is 20.5 Å². The first kappa shape index (κ1) is 21.3. The quantitative estimate of drug-likeness (QED) is 0.459. The van der Waals surface area contributed by atoms with Crippen LogP contribution in [0.4, 0.5) is 4.39 Å². The number of halogens is 1. The number of hydrogen-bond acceptors (Lipinski definition) is 5. The Balaban J connectivity index is 1.67. The van der Waals surface area contributed by atoms with Gasteiger partial charge in [-0.1, -0.05) is 30.3 Å². The highest BCUT2D eigenvalue weighted by Crippen LogP contribution is 2.35. The van der Waals surface area contributed by atoms with E-state index in [2.05, 4.69) is 10.4 Å². The van der Waals surface area contributed by atoms with E-state index in [9.17, 15) is 4.79 Å². The van der Waals surface area contributed by atoms with Crippen molar-refractivity contribution in [1.82, 2.24) is 19.8 Å². The second-order valence-corrected chi connectivity index (χ2v) is 7.46. The number of nitrogens with zero attached hydrogens (tertiary/aromatic N) is 4. The van der Waals surface area contributed by atoms with E-state index in [4.69, 9.17) is 9.47 Å². The summed E-state index contributed by atoms with van der Waals surface area (Å²) in [5.74, 6) is 0.602. The Morgan fingerprint density at radius 2 is 1.72 bits per heavy atom. The molecule has 0 amide bonds. The highest BCUT2D eigenvalue weighted by Gasteiger charge is 2.16. The second kappa shape index (κ2) is 8.66. The molecule has 1 aromatic heterocycles. The van der Waals surface area contributed by atoms with E-state index in [0.717, 1.165) is 21.4 Å². The maximum absolute atomic E-state index is 15.0. The summed E-state index contributed by atoms with van der Waals surface area (Å²) in [5.41, 5.74) is 3.79. The number of tetrazole rings is 1. The van der Waals surface area contributed by atoms with E-state index < -0.39 is 5.82 Å². The number of methoxy groups -OCH3 is 1. The van der Waals surface area contributed by atoms with Crippen LogP contribution in [0, 0.1) is 19.7 Å². The van der Waals surface area contributed by atoms with Crippen molar-refractivity contribution >= 4 is 0 Å². The Morgan fingerprint density at radius 1 is 0.938 bits per heavy atom. The maximum Gasteiger partial charge on any atom is 0.368 e. The fourth-order valence-corrected chi connectivity index (χ4v) is 3.58. The van der Waals surface area contributed by atoms with Gasteiger partial charge in [0.05, 0.1) is 12.8 Å². The molecule has 3 aromatic carbocycles. The van der Waals surface area contributed by atoms with Crippen LogP contribution < -0.4 is 15.2 Å². The molecule has 0 N–H and O–H groups in total. The van der Waals surface area contributed by atoms with Gasteiger partial charge in [-0.3, -0.25) is 0 Å². The van der Waals surface area contributed by atoms with Gasteiger partial charge < -0.3 is 9.47 Å². The summed E-state index contributed by atoms with van der Waals surface area (Å²) in [7, 11) is 3.09. The van der Waals surface area contributed by atoms with Gasteiger partial charge in [0.2, 0.25) is 0 Å².